The summed E-state index contributed by atoms with van der Waals surface area (Å²) in [7, 11) is 0. The van der Waals surface area contributed by atoms with Crippen molar-refractivity contribution in [2.45, 2.75) is 20.5 Å². The Morgan fingerprint density at radius 2 is 1.67 bits per heavy atom. The summed E-state index contributed by atoms with van der Waals surface area (Å²) >= 11 is 0. The van der Waals surface area contributed by atoms with Crippen molar-refractivity contribution in [2.75, 3.05) is 17.2 Å². The highest BCUT2D eigenvalue weighted by molar-refractivity contribution is 5.94. The lowest BCUT2D eigenvalue weighted by Gasteiger charge is -2.11. The van der Waals surface area contributed by atoms with Crippen LogP contribution in [0.15, 0.2) is 72.8 Å². The Kier molecular flexibility index (Phi) is 6.10. The van der Waals surface area contributed by atoms with Gasteiger partial charge < -0.3 is 15.4 Å². The van der Waals surface area contributed by atoms with E-state index in [4.69, 9.17) is 4.74 Å². The van der Waals surface area contributed by atoms with E-state index in [0.29, 0.717) is 6.61 Å². The zero-order chi connectivity index (χ0) is 19.1. The van der Waals surface area contributed by atoms with Gasteiger partial charge in [-0.05, 0) is 55.3 Å². The highest BCUT2D eigenvalue weighted by atomic mass is 16.5. The molecule has 0 aliphatic heterocycles. The molecule has 0 unspecified atom stereocenters. The van der Waals surface area contributed by atoms with Crippen molar-refractivity contribution < 1.29 is 9.53 Å². The highest BCUT2D eigenvalue weighted by Crippen LogP contribution is 2.18. The van der Waals surface area contributed by atoms with Crippen LogP contribution in [-0.2, 0) is 11.4 Å². The van der Waals surface area contributed by atoms with Crippen LogP contribution >= 0.6 is 0 Å². The van der Waals surface area contributed by atoms with Gasteiger partial charge in [0.05, 0.1) is 6.54 Å². The summed E-state index contributed by atoms with van der Waals surface area (Å²) in [5, 5.41) is 6.06. The zero-order valence-electron chi connectivity index (χ0n) is 15.7. The monoisotopic (exact) mass is 360 g/mol. The molecular formula is C23H24N2O2. The molecule has 138 valence electrons. The van der Waals surface area contributed by atoms with E-state index in [9.17, 15) is 4.79 Å². The first-order valence-corrected chi connectivity index (χ1v) is 8.98. The number of aryl methyl sites for hydroxylation is 2. The lowest BCUT2D eigenvalue weighted by molar-refractivity contribution is -0.114. The number of hydrogen-bond acceptors (Lipinski definition) is 3. The molecule has 0 spiro atoms. The predicted octanol–water partition coefficient (Wildman–Crippen LogP) is 4.93. The summed E-state index contributed by atoms with van der Waals surface area (Å²) in [6.07, 6.45) is 0. The van der Waals surface area contributed by atoms with Crippen molar-refractivity contribution in [1.82, 2.24) is 0 Å². The third-order valence-corrected chi connectivity index (χ3v) is 4.21. The highest BCUT2D eigenvalue weighted by Gasteiger charge is 2.05. The fourth-order valence-electron chi connectivity index (χ4n) is 2.74. The van der Waals surface area contributed by atoms with Gasteiger partial charge in [0.25, 0.3) is 0 Å². The lowest BCUT2D eigenvalue weighted by atomic mass is 10.1. The van der Waals surface area contributed by atoms with Crippen molar-refractivity contribution in [3.63, 3.8) is 0 Å². The molecule has 0 saturated carbocycles. The number of ether oxygens (including phenoxy) is 1. The van der Waals surface area contributed by atoms with Crippen molar-refractivity contribution >= 4 is 17.3 Å². The van der Waals surface area contributed by atoms with E-state index in [-0.39, 0.29) is 12.5 Å². The number of hydrogen-bond donors (Lipinski definition) is 2. The van der Waals surface area contributed by atoms with Gasteiger partial charge >= 0.3 is 0 Å². The normalized spacial score (nSPS) is 10.3. The van der Waals surface area contributed by atoms with Gasteiger partial charge in [-0.25, -0.2) is 0 Å². The third-order valence-electron chi connectivity index (χ3n) is 4.21. The second-order valence-electron chi connectivity index (χ2n) is 6.52. The number of carbonyl (C=O) groups excluding carboxylic acids is 1. The Labute approximate surface area is 160 Å². The van der Waals surface area contributed by atoms with E-state index in [1.807, 2.05) is 80.6 Å². The average molecular weight is 360 g/mol. The molecule has 4 heteroatoms. The van der Waals surface area contributed by atoms with Gasteiger partial charge in [-0.2, -0.15) is 0 Å². The summed E-state index contributed by atoms with van der Waals surface area (Å²) in [4.78, 5) is 12.2. The predicted molar refractivity (Wildman–Crippen MR) is 110 cm³/mol. The number of benzene rings is 3. The smallest absolute Gasteiger partial charge is 0.243 e. The molecule has 3 rings (SSSR count). The molecule has 3 aromatic rings. The molecule has 4 nitrogen and oxygen atoms in total. The number of anilines is 2. The molecule has 0 aromatic heterocycles. The van der Waals surface area contributed by atoms with Crippen LogP contribution < -0.4 is 15.4 Å². The minimum Gasteiger partial charge on any atom is -0.489 e. The van der Waals surface area contributed by atoms with E-state index in [0.717, 1.165) is 28.3 Å². The Bertz CT molecular complexity index is 890. The Hall–Kier alpha value is -3.27. The molecule has 2 N–H and O–H groups in total. The van der Waals surface area contributed by atoms with Crippen LogP contribution in [0.4, 0.5) is 11.4 Å². The van der Waals surface area contributed by atoms with Gasteiger partial charge in [-0.1, -0.05) is 48.0 Å². The molecule has 0 atom stereocenters. The van der Waals surface area contributed by atoms with Gasteiger partial charge in [-0.15, -0.1) is 0 Å². The Morgan fingerprint density at radius 1 is 0.926 bits per heavy atom. The maximum atomic E-state index is 12.2. The molecule has 0 saturated heterocycles. The van der Waals surface area contributed by atoms with Crippen LogP contribution in [0, 0.1) is 13.8 Å². The minimum atomic E-state index is -0.0774. The molecule has 0 bridgehead atoms. The van der Waals surface area contributed by atoms with Crippen LogP contribution in [0.3, 0.4) is 0 Å². The van der Waals surface area contributed by atoms with Crippen molar-refractivity contribution in [1.29, 1.82) is 0 Å². The second-order valence-corrected chi connectivity index (χ2v) is 6.52. The van der Waals surface area contributed by atoms with Crippen LogP contribution in [0.25, 0.3) is 0 Å². The largest absolute Gasteiger partial charge is 0.489 e. The van der Waals surface area contributed by atoms with Gasteiger partial charge in [0.15, 0.2) is 0 Å². The standard InChI is InChI=1S/C23H24N2O2/c1-17-8-13-22(18(2)14-17)25-23(26)15-24-20-9-11-21(12-10-20)27-16-19-6-4-3-5-7-19/h3-14,24H,15-16H2,1-2H3,(H,25,26). The molecule has 0 aliphatic carbocycles. The maximum Gasteiger partial charge on any atom is 0.243 e. The summed E-state index contributed by atoms with van der Waals surface area (Å²) < 4.78 is 5.77. The second kappa shape index (κ2) is 8.90. The first-order valence-electron chi connectivity index (χ1n) is 8.98. The van der Waals surface area contributed by atoms with Gasteiger partial charge in [-0.3, -0.25) is 4.79 Å². The van der Waals surface area contributed by atoms with E-state index < -0.39 is 0 Å². The summed E-state index contributed by atoms with van der Waals surface area (Å²) in [5.74, 6) is 0.718. The van der Waals surface area contributed by atoms with Crippen molar-refractivity contribution in [3.05, 3.63) is 89.5 Å². The summed E-state index contributed by atoms with van der Waals surface area (Å²) in [6.45, 7) is 4.76. The number of carbonyl (C=O) groups is 1. The Balaban J connectivity index is 1.47. The molecule has 0 aliphatic rings. The van der Waals surface area contributed by atoms with Crippen molar-refractivity contribution in [2.24, 2.45) is 0 Å². The molecule has 27 heavy (non-hydrogen) atoms. The number of rotatable bonds is 7. The molecule has 0 fully saturated rings. The van der Waals surface area contributed by atoms with E-state index in [1.165, 1.54) is 5.56 Å². The SMILES string of the molecule is Cc1ccc(NC(=O)CNc2ccc(OCc3ccccc3)cc2)c(C)c1. The van der Waals surface area contributed by atoms with Gasteiger partial charge in [0.2, 0.25) is 5.91 Å². The fraction of sp³-hybridized carbons (Fsp3) is 0.174. The first kappa shape index (κ1) is 18.5. The van der Waals surface area contributed by atoms with Crippen LogP contribution in [0.1, 0.15) is 16.7 Å². The molecular weight excluding hydrogens is 336 g/mol. The first-order chi connectivity index (χ1) is 13.1. The number of amides is 1. The zero-order valence-corrected chi connectivity index (χ0v) is 15.7. The van der Waals surface area contributed by atoms with E-state index in [1.54, 1.807) is 0 Å². The lowest BCUT2D eigenvalue weighted by Crippen LogP contribution is -2.22. The summed E-state index contributed by atoms with van der Waals surface area (Å²) in [5.41, 5.74) is 5.08. The average Bonchev–Trinajstić information content (AvgIpc) is 2.68. The van der Waals surface area contributed by atoms with Crippen molar-refractivity contribution in [3.8, 4) is 5.75 Å². The minimum absolute atomic E-state index is 0.0774. The molecule has 0 heterocycles. The maximum absolute atomic E-state index is 12.2. The molecule has 1 amide bonds. The number of nitrogens with one attached hydrogen (secondary N) is 2. The van der Waals surface area contributed by atoms with E-state index >= 15 is 0 Å². The van der Waals surface area contributed by atoms with Gasteiger partial charge in [0, 0.05) is 11.4 Å². The topological polar surface area (TPSA) is 50.4 Å². The van der Waals surface area contributed by atoms with Crippen LogP contribution in [-0.4, -0.2) is 12.5 Å². The molecule has 0 radical (unpaired) electrons. The van der Waals surface area contributed by atoms with E-state index in [2.05, 4.69) is 16.7 Å². The molecule has 3 aromatic carbocycles. The quantitative estimate of drug-likeness (QED) is 0.628. The van der Waals surface area contributed by atoms with Crippen LogP contribution in [0.2, 0.25) is 0 Å². The van der Waals surface area contributed by atoms with Gasteiger partial charge in [0.1, 0.15) is 12.4 Å². The Morgan fingerprint density at radius 3 is 2.37 bits per heavy atom. The summed E-state index contributed by atoms with van der Waals surface area (Å²) in [6, 6.07) is 23.6. The fourth-order valence-corrected chi connectivity index (χ4v) is 2.74. The third kappa shape index (κ3) is 5.61. The van der Waals surface area contributed by atoms with Crippen LogP contribution in [0.5, 0.6) is 5.75 Å².